The third-order valence-corrected chi connectivity index (χ3v) is 8.99. The second kappa shape index (κ2) is 9.64. The first kappa shape index (κ1) is 23.7. The summed E-state index contributed by atoms with van der Waals surface area (Å²) in [6, 6.07) is 18.3. The van der Waals surface area contributed by atoms with Gasteiger partial charge in [-0.1, -0.05) is 61.7 Å². The Bertz CT molecular complexity index is 1160. The van der Waals surface area contributed by atoms with Crippen molar-refractivity contribution in [2.24, 2.45) is 11.8 Å². The van der Waals surface area contributed by atoms with E-state index in [1.165, 1.54) is 12.0 Å². The second-order valence-corrected chi connectivity index (χ2v) is 11.4. The predicted octanol–water partition coefficient (Wildman–Crippen LogP) is 5.38. The van der Waals surface area contributed by atoms with E-state index in [1.54, 1.807) is 0 Å². The van der Waals surface area contributed by atoms with Gasteiger partial charge in [0.2, 0.25) is 0 Å². The molecular formula is C30H38N3O3+. The van der Waals surface area contributed by atoms with E-state index in [-0.39, 0.29) is 12.0 Å². The fraction of sp³-hybridized carbons (Fsp3) is 0.533. The van der Waals surface area contributed by atoms with Gasteiger partial charge in [-0.05, 0) is 43.0 Å². The van der Waals surface area contributed by atoms with Gasteiger partial charge in [0.15, 0.2) is 18.2 Å². The number of piperidine rings is 3. The van der Waals surface area contributed by atoms with Gasteiger partial charge in [0.05, 0.1) is 13.1 Å². The molecule has 0 radical (unpaired) electrons. The molecule has 3 saturated heterocycles. The molecule has 1 aromatic heterocycles. The highest BCUT2D eigenvalue weighted by Crippen LogP contribution is 2.44. The van der Waals surface area contributed by atoms with Crippen LogP contribution in [0.25, 0.3) is 0 Å². The summed E-state index contributed by atoms with van der Waals surface area (Å²) in [7, 11) is 0. The predicted molar refractivity (Wildman–Crippen MR) is 137 cm³/mol. The van der Waals surface area contributed by atoms with Crippen LogP contribution in [0.15, 0.2) is 59.0 Å². The average molecular weight is 489 g/mol. The lowest BCUT2D eigenvalue weighted by atomic mass is 9.73. The first-order valence-electron chi connectivity index (χ1n) is 13.7. The Hall–Kier alpha value is -2.70. The number of aryl methyl sites for hydroxylation is 1. The molecule has 3 aromatic rings. The molecule has 0 unspecified atom stereocenters. The molecule has 0 spiro atoms. The van der Waals surface area contributed by atoms with Crippen LogP contribution in [-0.2, 0) is 12.1 Å². The number of aliphatic hydroxyl groups is 1. The van der Waals surface area contributed by atoms with Gasteiger partial charge < -0.3 is 18.7 Å². The molecular weight excluding hydrogens is 450 g/mol. The molecule has 6 nitrogen and oxygen atoms in total. The van der Waals surface area contributed by atoms with Gasteiger partial charge in [-0.15, -0.1) is 10.2 Å². The second-order valence-electron chi connectivity index (χ2n) is 11.4. The Morgan fingerprint density at radius 2 is 1.75 bits per heavy atom. The van der Waals surface area contributed by atoms with Crippen LogP contribution in [0.2, 0.25) is 0 Å². The van der Waals surface area contributed by atoms with Crippen molar-refractivity contribution in [1.29, 1.82) is 0 Å². The summed E-state index contributed by atoms with van der Waals surface area (Å²) < 4.78 is 13.8. The van der Waals surface area contributed by atoms with Crippen molar-refractivity contribution in [2.45, 2.75) is 70.1 Å². The molecule has 6 heteroatoms. The summed E-state index contributed by atoms with van der Waals surface area (Å²) in [6.07, 6.45) is 7.96. The lowest BCUT2D eigenvalue weighted by Gasteiger charge is -2.51. The fourth-order valence-corrected chi connectivity index (χ4v) is 6.95. The molecule has 2 aromatic carbocycles. The number of nitrogens with zero attached hydrogens (tertiary/aromatic N) is 3. The summed E-state index contributed by atoms with van der Waals surface area (Å²) in [5, 5.41) is 21.1. The Labute approximate surface area is 213 Å². The monoisotopic (exact) mass is 488 g/mol. The van der Waals surface area contributed by atoms with Gasteiger partial charge in [0.25, 0.3) is 11.8 Å². The lowest BCUT2D eigenvalue weighted by Crippen LogP contribution is -2.64. The van der Waals surface area contributed by atoms with Crippen LogP contribution < -0.4 is 4.74 Å². The molecule has 1 saturated carbocycles. The van der Waals surface area contributed by atoms with Crippen LogP contribution in [-0.4, -0.2) is 45.5 Å². The molecule has 3 aliphatic heterocycles. The van der Waals surface area contributed by atoms with E-state index in [0.717, 1.165) is 74.0 Å². The normalized spacial score (nSPS) is 28.1. The van der Waals surface area contributed by atoms with E-state index in [9.17, 15) is 5.11 Å². The standard InChI is InChI=1S/C30H38N3O3/c1-22-9-8-14-26(19-22)35-27-20-33(17-15-23(27)16-18-33)21-28-31-32-29(36-28)30(34,24-10-4-2-5-11-24)25-12-6-3-7-13-25/h2,4-5,8-11,14,19,23,25,27,34H,3,6-7,12-13,15-18,20-21H2,1H3/q+1/t23?,27-,30-,33?/m0/s1. The largest absolute Gasteiger partial charge is 0.484 e. The quantitative estimate of drug-likeness (QED) is 0.452. The highest BCUT2D eigenvalue weighted by Gasteiger charge is 2.49. The molecule has 4 fully saturated rings. The Balaban J connectivity index is 1.23. The summed E-state index contributed by atoms with van der Waals surface area (Å²) >= 11 is 0. The van der Waals surface area contributed by atoms with Crippen LogP contribution in [0.1, 0.15) is 67.9 Å². The van der Waals surface area contributed by atoms with Gasteiger partial charge in [-0.3, -0.25) is 0 Å². The number of rotatable bonds is 7. The summed E-state index contributed by atoms with van der Waals surface area (Å²) in [4.78, 5) is 0. The van der Waals surface area contributed by atoms with Gasteiger partial charge in [-0.25, -0.2) is 0 Å². The van der Waals surface area contributed by atoms with Gasteiger partial charge in [-0.2, -0.15) is 0 Å². The van der Waals surface area contributed by atoms with Crippen LogP contribution in [0.3, 0.4) is 0 Å². The number of aromatic nitrogens is 2. The maximum atomic E-state index is 12.1. The van der Waals surface area contributed by atoms with E-state index >= 15 is 0 Å². The zero-order chi connectivity index (χ0) is 24.6. The molecule has 1 aliphatic carbocycles. The summed E-state index contributed by atoms with van der Waals surface area (Å²) in [6.45, 7) is 5.99. The maximum absolute atomic E-state index is 12.1. The fourth-order valence-electron chi connectivity index (χ4n) is 6.95. The molecule has 2 bridgehead atoms. The molecule has 1 N–H and O–H groups in total. The number of benzene rings is 2. The smallest absolute Gasteiger partial charge is 0.271 e. The first-order chi connectivity index (χ1) is 17.5. The third kappa shape index (κ3) is 4.46. The SMILES string of the molecule is Cc1cccc(O[C@H]2C[N+]3(Cc4nnc([C@](O)(c5ccccc5)C5CCCCC5)o4)CCC2CC3)c1. The van der Waals surface area contributed by atoms with Crippen LogP contribution in [0, 0.1) is 18.8 Å². The van der Waals surface area contributed by atoms with Crippen molar-refractivity contribution in [3.63, 3.8) is 0 Å². The Kier molecular flexibility index (Phi) is 6.34. The minimum absolute atomic E-state index is 0.0897. The van der Waals surface area contributed by atoms with E-state index in [1.807, 2.05) is 30.3 Å². The molecule has 4 aliphatic rings. The van der Waals surface area contributed by atoms with E-state index in [0.29, 0.717) is 24.2 Å². The molecule has 7 rings (SSSR count). The van der Waals surface area contributed by atoms with Gasteiger partial charge in [0.1, 0.15) is 12.3 Å². The highest BCUT2D eigenvalue weighted by molar-refractivity contribution is 5.30. The first-order valence-corrected chi connectivity index (χ1v) is 13.7. The topological polar surface area (TPSA) is 68.4 Å². The van der Waals surface area contributed by atoms with Crippen LogP contribution in [0.5, 0.6) is 5.75 Å². The summed E-state index contributed by atoms with van der Waals surface area (Å²) in [5.74, 6) is 2.65. The number of quaternary nitrogens is 1. The third-order valence-electron chi connectivity index (χ3n) is 8.99. The minimum atomic E-state index is -1.24. The van der Waals surface area contributed by atoms with E-state index in [4.69, 9.17) is 9.15 Å². The zero-order valence-electron chi connectivity index (χ0n) is 21.3. The van der Waals surface area contributed by atoms with Gasteiger partial charge in [0, 0.05) is 24.7 Å². The molecule has 190 valence electrons. The highest BCUT2D eigenvalue weighted by atomic mass is 16.5. The van der Waals surface area contributed by atoms with Gasteiger partial charge >= 0.3 is 0 Å². The number of hydrogen-bond donors (Lipinski definition) is 1. The van der Waals surface area contributed by atoms with Crippen LogP contribution >= 0.6 is 0 Å². The van der Waals surface area contributed by atoms with E-state index < -0.39 is 5.60 Å². The minimum Gasteiger partial charge on any atom is -0.484 e. The van der Waals surface area contributed by atoms with Crippen molar-refractivity contribution in [1.82, 2.24) is 10.2 Å². The summed E-state index contributed by atoms with van der Waals surface area (Å²) in [5.41, 5.74) is 0.836. The van der Waals surface area contributed by atoms with E-state index in [2.05, 4.69) is 41.4 Å². The van der Waals surface area contributed by atoms with Crippen molar-refractivity contribution < 1.29 is 18.7 Å². The Morgan fingerprint density at radius 3 is 2.50 bits per heavy atom. The molecule has 36 heavy (non-hydrogen) atoms. The molecule has 4 heterocycles. The number of fused-ring (bicyclic) bond motifs is 3. The average Bonchev–Trinajstić information content (AvgIpc) is 3.38. The molecule has 0 amide bonds. The van der Waals surface area contributed by atoms with Crippen molar-refractivity contribution >= 4 is 0 Å². The zero-order valence-corrected chi connectivity index (χ0v) is 21.3. The van der Waals surface area contributed by atoms with Crippen molar-refractivity contribution in [2.75, 3.05) is 19.6 Å². The number of ether oxygens (including phenoxy) is 1. The maximum Gasteiger partial charge on any atom is 0.271 e. The van der Waals surface area contributed by atoms with Crippen molar-refractivity contribution in [3.05, 3.63) is 77.5 Å². The lowest BCUT2D eigenvalue weighted by molar-refractivity contribution is -0.959. The number of hydrogen-bond acceptors (Lipinski definition) is 5. The Morgan fingerprint density at radius 1 is 0.972 bits per heavy atom. The molecule has 2 atom stereocenters. The van der Waals surface area contributed by atoms with Crippen molar-refractivity contribution in [3.8, 4) is 5.75 Å². The van der Waals surface area contributed by atoms with Crippen LogP contribution in [0.4, 0.5) is 0 Å².